The summed E-state index contributed by atoms with van der Waals surface area (Å²) < 4.78 is 5.00. The van der Waals surface area contributed by atoms with Crippen LogP contribution in [0, 0.1) is 5.92 Å². The molecule has 1 aromatic heterocycles. The number of hydrogen-bond acceptors (Lipinski definition) is 6. The van der Waals surface area contributed by atoms with Crippen LogP contribution in [0.1, 0.15) is 42.7 Å². The third kappa shape index (κ3) is 4.28. The first-order chi connectivity index (χ1) is 9.53. The molecule has 0 aromatic carbocycles. The minimum atomic E-state index is -0.657. The van der Waals surface area contributed by atoms with Crippen LogP contribution >= 0.6 is 11.3 Å². The monoisotopic (exact) mass is 299 g/mol. The van der Waals surface area contributed by atoms with E-state index in [1.165, 1.54) is 11.3 Å². The van der Waals surface area contributed by atoms with Gasteiger partial charge in [-0.2, -0.15) is 0 Å². The van der Waals surface area contributed by atoms with Gasteiger partial charge in [0, 0.05) is 11.9 Å². The van der Waals surface area contributed by atoms with Crippen molar-refractivity contribution >= 4 is 23.2 Å². The lowest BCUT2D eigenvalue weighted by atomic mass is 9.99. The van der Waals surface area contributed by atoms with Gasteiger partial charge in [0.05, 0.1) is 6.61 Å². The second kappa shape index (κ2) is 7.96. The number of nitrogens with two attached hydrogens (primary N) is 1. The highest BCUT2D eigenvalue weighted by Crippen LogP contribution is 2.13. The molecular weight excluding hydrogens is 278 g/mol. The summed E-state index contributed by atoms with van der Waals surface area (Å²) in [4.78, 5) is 28.1. The van der Waals surface area contributed by atoms with E-state index in [0.717, 1.165) is 6.42 Å². The molecule has 6 nitrogen and oxygen atoms in total. The van der Waals surface area contributed by atoms with E-state index in [4.69, 9.17) is 10.5 Å². The third-order valence-electron chi connectivity index (χ3n) is 3.00. The van der Waals surface area contributed by atoms with Gasteiger partial charge in [0.25, 0.3) is 5.91 Å². The molecule has 112 valence electrons. The van der Waals surface area contributed by atoms with Crippen molar-refractivity contribution in [2.45, 2.75) is 39.8 Å². The first-order valence-electron chi connectivity index (χ1n) is 6.65. The molecule has 0 aliphatic rings. The van der Waals surface area contributed by atoms with Crippen LogP contribution in [0.25, 0.3) is 0 Å². The Morgan fingerprint density at radius 2 is 2.20 bits per heavy atom. The average Bonchev–Trinajstić information content (AvgIpc) is 2.92. The topological polar surface area (TPSA) is 94.3 Å². The van der Waals surface area contributed by atoms with Gasteiger partial charge in [-0.1, -0.05) is 20.3 Å². The fraction of sp³-hybridized carbons (Fsp3) is 0.615. The smallest absolute Gasteiger partial charge is 0.328 e. The van der Waals surface area contributed by atoms with E-state index in [1.807, 2.05) is 13.8 Å². The van der Waals surface area contributed by atoms with E-state index >= 15 is 0 Å². The van der Waals surface area contributed by atoms with E-state index in [-0.39, 0.29) is 24.1 Å². The van der Waals surface area contributed by atoms with Crippen molar-refractivity contribution in [2.24, 2.45) is 11.7 Å². The second-order valence-corrected chi connectivity index (χ2v) is 5.36. The molecule has 0 saturated carbocycles. The minimum absolute atomic E-state index is 0.00869. The van der Waals surface area contributed by atoms with Crippen molar-refractivity contribution in [2.75, 3.05) is 6.61 Å². The molecular formula is C13H21N3O3S. The molecule has 1 amide bonds. The first kappa shape index (κ1) is 16.6. The molecule has 20 heavy (non-hydrogen) atoms. The van der Waals surface area contributed by atoms with Crippen molar-refractivity contribution in [1.29, 1.82) is 0 Å². The minimum Gasteiger partial charge on any atom is -0.464 e. The molecule has 7 heteroatoms. The van der Waals surface area contributed by atoms with Gasteiger partial charge in [-0.3, -0.25) is 4.79 Å². The zero-order chi connectivity index (χ0) is 15.1. The third-order valence-corrected chi connectivity index (χ3v) is 3.87. The molecule has 0 saturated heterocycles. The van der Waals surface area contributed by atoms with Gasteiger partial charge >= 0.3 is 5.97 Å². The molecule has 0 aliphatic carbocycles. The number of carbonyl (C=O) groups is 2. The average molecular weight is 299 g/mol. The van der Waals surface area contributed by atoms with E-state index in [0.29, 0.717) is 11.6 Å². The van der Waals surface area contributed by atoms with E-state index < -0.39 is 12.0 Å². The van der Waals surface area contributed by atoms with Crippen LogP contribution in [0.2, 0.25) is 0 Å². The quantitative estimate of drug-likeness (QED) is 0.740. The van der Waals surface area contributed by atoms with Crippen LogP contribution in [0.15, 0.2) is 5.38 Å². The lowest BCUT2D eigenvalue weighted by Gasteiger charge is -2.21. The number of hydrogen-bond donors (Lipinski definition) is 2. The number of thiazole rings is 1. The second-order valence-electron chi connectivity index (χ2n) is 4.42. The zero-order valence-electron chi connectivity index (χ0n) is 12.0. The van der Waals surface area contributed by atoms with E-state index in [1.54, 1.807) is 12.3 Å². The normalized spacial score (nSPS) is 13.6. The highest BCUT2D eigenvalue weighted by Gasteiger charge is 2.28. The van der Waals surface area contributed by atoms with Crippen molar-refractivity contribution in [3.8, 4) is 0 Å². The van der Waals surface area contributed by atoms with Crippen molar-refractivity contribution in [3.63, 3.8) is 0 Å². The zero-order valence-corrected chi connectivity index (χ0v) is 12.8. The first-order valence-corrected chi connectivity index (χ1v) is 7.53. The Balaban J connectivity index is 2.78. The Morgan fingerprint density at radius 1 is 1.50 bits per heavy atom. The molecule has 1 rings (SSSR count). The van der Waals surface area contributed by atoms with Crippen LogP contribution in [0.5, 0.6) is 0 Å². The maximum Gasteiger partial charge on any atom is 0.328 e. The maximum absolute atomic E-state index is 12.1. The molecule has 0 radical (unpaired) electrons. The largest absolute Gasteiger partial charge is 0.464 e. The standard InChI is InChI=1S/C13H21N3O3S/c1-4-8(3)11(13(18)19-5-2)16-12(17)9-7-20-10(6-14)15-9/h7-8,11H,4-6,14H2,1-3H3,(H,16,17). The number of nitrogens with one attached hydrogen (secondary N) is 1. The van der Waals surface area contributed by atoms with Crippen LogP contribution < -0.4 is 11.1 Å². The molecule has 2 atom stereocenters. The van der Waals surface area contributed by atoms with Gasteiger partial charge in [0.2, 0.25) is 0 Å². The summed E-state index contributed by atoms with van der Waals surface area (Å²) in [6, 6.07) is -0.657. The number of nitrogens with zero attached hydrogens (tertiary/aromatic N) is 1. The van der Waals surface area contributed by atoms with Gasteiger partial charge in [-0.25, -0.2) is 9.78 Å². The van der Waals surface area contributed by atoms with E-state index in [2.05, 4.69) is 10.3 Å². The lowest BCUT2D eigenvalue weighted by Crippen LogP contribution is -2.46. The summed E-state index contributed by atoms with van der Waals surface area (Å²) in [6.07, 6.45) is 0.759. The van der Waals surface area contributed by atoms with Gasteiger partial charge in [0.15, 0.2) is 0 Å². The number of rotatable bonds is 7. The predicted octanol–water partition coefficient (Wildman–Crippen LogP) is 1.31. The predicted molar refractivity (Wildman–Crippen MR) is 77.3 cm³/mol. The molecule has 2 unspecified atom stereocenters. The Kier molecular flexibility index (Phi) is 6.60. The Labute approximate surface area is 122 Å². The Hall–Kier alpha value is -1.47. The highest BCUT2D eigenvalue weighted by molar-refractivity contribution is 7.09. The SMILES string of the molecule is CCOC(=O)C(NC(=O)c1csc(CN)n1)C(C)CC. The van der Waals surface area contributed by atoms with Crippen molar-refractivity contribution in [1.82, 2.24) is 10.3 Å². The molecule has 0 aliphatic heterocycles. The fourth-order valence-electron chi connectivity index (χ4n) is 1.63. The summed E-state index contributed by atoms with van der Waals surface area (Å²) in [6.45, 7) is 6.17. The molecule has 0 bridgehead atoms. The fourth-order valence-corrected chi connectivity index (χ4v) is 2.28. The summed E-state index contributed by atoms with van der Waals surface area (Å²) in [5.41, 5.74) is 5.75. The molecule has 0 fully saturated rings. The Bertz CT molecular complexity index is 461. The van der Waals surface area contributed by atoms with Crippen LogP contribution in [-0.4, -0.2) is 29.5 Å². The number of ether oxygens (including phenoxy) is 1. The number of carbonyl (C=O) groups excluding carboxylic acids is 2. The van der Waals surface area contributed by atoms with Crippen molar-refractivity contribution < 1.29 is 14.3 Å². The molecule has 1 heterocycles. The lowest BCUT2D eigenvalue weighted by molar-refractivity contribution is -0.146. The van der Waals surface area contributed by atoms with Gasteiger partial charge < -0.3 is 15.8 Å². The molecule has 3 N–H and O–H groups in total. The van der Waals surface area contributed by atoms with Crippen LogP contribution in [0.4, 0.5) is 0 Å². The molecule has 1 aromatic rings. The van der Waals surface area contributed by atoms with Crippen LogP contribution in [-0.2, 0) is 16.1 Å². The number of aromatic nitrogens is 1. The highest BCUT2D eigenvalue weighted by atomic mass is 32.1. The summed E-state index contributed by atoms with van der Waals surface area (Å²) >= 11 is 1.32. The number of esters is 1. The van der Waals surface area contributed by atoms with Crippen LogP contribution in [0.3, 0.4) is 0 Å². The maximum atomic E-state index is 12.1. The summed E-state index contributed by atoms with van der Waals surface area (Å²) in [5.74, 6) is -0.797. The van der Waals surface area contributed by atoms with E-state index in [9.17, 15) is 9.59 Å². The van der Waals surface area contributed by atoms with Crippen molar-refractivity contribution in [3.05, 3.63) is 16.1 Å². The van der Waals surface area contributed by atoms with Gasteiger partial charge in [-0.05, 0) is 12.8 Å². The Morgan fingerprint density at radius 3 is 2.70 bits per heavy atom. The summed E-state index contributed by atoms with van der Waals surface area (Å²) in [7, 11) is 0. The van der Waals surface area contributed by atoms with Gasteiger partial charge in [0.1, 0.15) is 16.7 Å². The molecule has 0 spiro atoms. The number of amides is 1. The summed E-state index contributed by atoms with van der Waals surface area (Å²) in [5, 5.41) is 5.02. The van der Waals surface area contributed by atoms with Gasteiger partial charge in [-0.15, -0.1) is 11.3 Å².